The number of likely N-dealkylation sites (tertiary alicyclic amines) is 1. The lowest BCUT2D eigenvalue weighted by molar-refractivity contribution is -0.137. The van der Waals surface area contributed by atoms with Gasteiger partial charge in [-0.1, -0.05) is 7.92 Å². The van der Waals surface area contributed by atoms with Crippen molar-refractivity contribution in [2.75, 3.05) is 89.5 Å². The van der Waals surface area contributed by atoms with E-state index in [0.717, 1.165) is 61.8 Å². The summed E-state index contributed by atoms with van der Waals surface area (Å²) in [5.41, 5.74) is 2.18. The quantitative estimate of drug-likeness (QED) is 0.260. The SMILES string of the molecule is COc1cc(N2CCC(N3CC[C@@H](N(C)C)C3)CC2)c(C)cc1Nc1ncc(C(F)(F)F)c(Nc2ccc3c(c2P(C)C)OCCO3)n1. The first kappa shape index (κ1) is 34.3. The average molecular weight is 688 g/mol. The van der Waals surface area contributed by atoms with Gasteiger partial charge in [0.15, 0.2) is 11.5 Å². The molecule has 2 saturated heterocycles. The van der Waals surface area contributed by atoms with Gasteiger partial charge in [0.25, 0.3) is 0 Å². The lowest BCUT2D eigenvalue weighted by atomic mass is 10.0. The zero-order chi connectivity index (χ0) is 34.2. The maximum atomic E-state index is 14.2. The van der Waals surface area contributed by atoms with Crippen molar-refractivity contribution >= 4 is 42.1 Å². The number of benzene rings is 2. The number of rotatable bonds is 9. The summed E-state index contributed by atoms with van der Waals surface area (Å²) < 4.78 is 59.9. The number of nitrogens with zero attached hydrogens (tertiary/aromatic N) is 5. The minimum absolute atomic E-state index is 0.00719. The van der Waals surface area contributed by atoms with Crippen molar-refractivity contribution in [3.05, 3.63) is 41.6 Å². The van der Waals surface area contributed by atoms with Gasteiger partial charge in [-0.3, -0.25) is 4.90 Å². The number of piperidine rings is 1. The number of ether oxygens (including phenoxy) is 3. The zero-order valence-electron chi connectivity index (χ0n) is 28.4. The number of nitrogens with one attached hydrogen (secondary N) is 2. The topological polar surface area (TPSA) is 87.3 Å². The van der Waals surface area contributed by atoms with Crippen LogP contribution in [0.2, 0.25) is 0 Å². The standard InChI is InChI=1S/C34H45F3N7O3P/c1-21-17-26(29(45-4)18-27(21)43-12-9-22(10-13-43)44-14-11-23(20-44)42(2)3)40-33-38-19-24(34(35,36)37)32(41-33)39-25-7-8-28-30(31(25)48(5)6)47-16-15-46-28/h7-8,17-19,22-23H,9-16,20H2,1-6H3,(H2,38,39,40,41)/t23-/m1/s1. The molecule has 10 nitrogen and oxygen atoms in total. The van der Waals surface area contributed by atoms with Crippen molar-refractivity contribution < 1.29 is 27.4 Å². The molecule has 1 atom stereocenters. The van der Waals surface area contributed by atoms with Crippen molar-refractivity contribution in [2.45, 2.75) is 44.4 Å². The number of hydrogen-bond donors (Lipinski definition) is 2. The second-order valence-corrected chi connectivity index (χ2v) is 15.3. The van der Waals surface area contributed by atoms with Crippen LogP contribution < -0.4 is 35.0 Å². The Bertz CT molecular complexity index is 1620. The van der Waals surface area contributed by atoms with E-state index in [4.69, 9.17) is 14.2 Å². The van der Waals surface area contributed by atoms with Gasteiger partial charge in [0.05, 0.1) is 18.5 Å². The Morgan fingerprint density at radius 1 is 1.00 bits per heavy atom. The van der Waals surface area contributed by atoms with E-state index in [2.05, 4.69) is 49.4 Å². The molecule has 3 aliphatic rings. The van der Waals surface area contributed by atoms with Gasteiger partial charge < -0.3 is 34.6 Å². The molecule has 4 heterocycles. The summed E-state index contributed by atoms with van der Waals surface area (Å²) in [5.74, 6) is 1.34. The third-order valence-electron chi connectivity index (χ3n) is 9.49. The fraction of sp³-hybridized carbons (Fsp3) is 0.529. The lowest BCUT2D eigenvalue weighted by Gasteiger charge is -2.38. The van der Waals surface area contributed by atoms with Gasteiger partial charge in [-0.2, -0.15) is 18.2 Å². The van der Waals surface area contributed by atoms with Crippen LogP contribution in [0.15, 0.2) is 30.5 Å². The van der Waals surface area contributed by atoms with Crippen LogP contribution in [-0.2, 0) is 6.18 Å². The highest BCUT2D eigenvalue weighted by Crippen LogP contribution is 2.43. The maximum absolute atomic E-state index is 14.2. The van der Waals surface area contributed by atoms with E-state index in [-0.39, 0.29) is 11.8 Å². The van der Waals surface area contributed by atoms with E-state index in [1.165, 1.54) is 6.42 Å². The Balaban J connectivity index is 1.22. The third kappa shape index (κ3) is 7.23. The Labute approximate surface area is 281 Å². The molecule has 48 heavy (non-hydrogen) atoms. The molecule has 0 bridgehead atoms. The zero-order valence-corrected chi connectivity index (χ0v) is 29.3. The molecule has 0 saturated carbocycles. The van der Waals surface area contributed by atoms with Crippen LogP contribution in [0.4, 0.5) is 42.0 Å². The normalized spacial score (nSPS) is 18.9. The third-order valence-corrected chi connectivity index (χ3v) is 10.8. The molecule has 14 heteroatoms. The van der Waals surface area contributed by atoms with Crippen LogP contribution in [0.3, 0.4) is 0 Å². The molecule has 0 aliphatic carbocycles. The van der Waals surface area contributed by atoms with E-state index < -0.39 is 19.7 Å². The fourth-order valence-electron chi connectivity index (χ4n) is 6.92. The first-order valence-corrected chi connectivity index (χ1v) is 18.6. The summed E-state index contributed by atoms with van der Waals surface area (Å²) in [6, 6.07) is 8.57. The highest BCUT2D eigenvalue weighted by Gasteiger charge is 2.36. The van der Waals surface area contributed by atoms with Crippen LogP contribution in [0.25, 0.3) is 0 Å². The predicted molar refractivity (Wildman–Crippen MR) is 186 cm³/mol. The minimum Gasteiger partial charge on any atom is -0.494 e. The number of fused-ring (bicyclic) bond motifs is 1. The molecule has 3 aromatic rings. The molecule has 260 valence electrons. The van der Waals surface area contributed by atoms with Gasteiger partial charge in [-0.05, 0) is 77.4 Å². The lowest BCUT2D eigenvalue weighted by Crippen LogP contribution is -2.45. The smallest absolute Gasteiger partial charge is 0.421 e. The van der Waals surface area contributed by atoms with Crippen molar-refractivity contribution in [3.63, 3.8) is 0 Å². The number of alkyl halides is 3. The van der Waals surface area contributed by atoms with Crippen molar-refractivity contribution in [1.82, 2.24) is 19.8 Å². The molecule has 0 unspecified atom stereocenters. The molecular formula is C34H45F3N7O3P. The minimum atomic E-state index is -4.68. The molecule has 0 radical (unpaired) electrons. The average Bonchev–Trinajstić information content (AvgIpc) is 3.55. The number of methoxy groups -OCH3 is 1. The van der Waals surface area contributed by atoms with E-state index in [9.17, 15) is 13.2 Å². The Morgan fingerprint density at radius 2 is 1.75 bits per heavy atom. The van der Waals surface area contributed by atoms with Gasteiger partial charge in [-0.25, -0.2) is 4.98 Å². The number of aryl methyl sites for hydroxylation is 1. The van der Waals surface area contributed by atoms with Gasteiger partial charge in [-0.15, -0.1) is 0 Å². The number of halogens is 3. The Kier molecular flexibility index (Phi) is 10.1. The molecule has 1 aromatic heterocycles. The first-order chi connectivity index (χ1) is 22.9. The van der Waals surface area contributed by atoms with Crippen molar-refractivity contribution in [1.29, 1.82) is 0 Å². The van der Waals surface area contributed by atoms with Crippen LogP contribution in [0.1, 0.15) is 30.4 Å². The number of hydrogen-bond acceptors (Lipinski definition) is 10. The molecule has 0 amide bonds. The van der Waals surface area contributed by atoms with E-state index in [1.54, 1.807) is 19.2 Å². The van der Waals surface area contributed by atoms with Gasteiger partial charge in [0, 0.05) is 61.5 Å². The largest absolute Gasteiger partial charge is 0.494 e. The summed E-state index contributed by atoms with van der Waals surface area (Å²) in [6.45, 7) is 11.0. The maximum Gasteiger partial charge on any atom is 0.421 e. The van der Waals surface area contributed by atoms with Crippen LogP contribution >= 0.6 is 7.92 Å². The summed E-state index contributed by atoms with van der Waals surface area (Å²) >= 11 is 0. The molecule has 2 aromatic carbocycles. The van der Waals surface area contributed by atoms with Crippen molar-refractivity contribution in [3.8, 4) is 17.2 Å². The highest BCUT2D eigenvalue weighted by molar-refractivity contribution is 7.64. The van der Waals surface area contributed by atoms with Crippen molar-refractivity contribution in [2.24, 2.45) is 0 Å². The van der Waals surface area contributed by atoms with E-state index >= 15 is 0 Å². The van der Waals surface area contributed by atoms with Crippen LogP contribution in [-0.4, -0.2) is 106 Å². The predicted octanol–water partition coefficient (Wildman–Crippen LogP) is 6.04. The monoisotopic (exact) mass is 687 g/mol. The number of anilines is 5. The summed E-state index contributed by atoms with van der Waals surface area (Å²) in [4.78, 5) is 15.8. The Hall–Kier alpha value is -3.54. The van der Waals surface area contributed by atoms with E-state index in [1.807, 2.05) is 32.4 Å². The molecular weight excluding hydrogens is 642 g/mol. The Morgan fingerprint density at radius 3 is 2.42 bits per heavy atom. The van der Waals surface area contributed by atoms with E-state index in [0.29, 0.717) is 53.9 Å². The van der Waals surface area contributed by atoms with Crippen LogP contribution in [0, 0.1) is 6.92 Å². The first-order valence-electron chi connectivity index (χ1n) is 16.3. The molecule has 0 spiro atoms. The van der Waals surface area contributed by atoms with Gasteiger partial charge >= 0.3 is 6.18 Å². The highest BCUT2D eigenvalue weighted by atomic mass is 31.1. The second-order valence-electron chi connectivity index (χ2n) is 13.0. The molecule has 2 fully saturated rings. The summed E-state index contributed by atoms with van der Waals surface area (Å²) in [7, 11) is 5.13. The molecule has 6 rings (SSSR count). The fourth-order valence-corrected chi connectivity index (χ4v) is 8.11. The molecule has 2 N–H and O–H groups in total. The summed E-state index contributed by atoms with van der Waals surface area (Å²) in [6.07, 6.45) is -0.462. The van der Waals surface area contributed by atoms with Crippen LogP contribution in [0.5, 0.6) is 17.2 Å². The number of aromatic nitrogens is 2. The molecule has 3 aliphatic heterocycles. The van der Waals surface area contributed by atoms with Gasteiger partial charge in [0.2, 0.25) is 5.95 Å². The number of likely N-dealkylation sites (N-methyl/N-ethyl adjacent to an activating group) is 1. The van der Waals surface area contributed by atoms with Gasteiger partial charge in [0.1, 0.15) is 30.3 Å². The summed E-state index contributed by atoms with van der Waals surface area (Å²) in [5, 5.41) is 6.85. The second kappa shape index (κ2) is 14.1.